The molecule has 2 aromatic heterocycles. The Balaban J connectivity index is 1.52. The van der Waals surface area contributed by atoms with Crippen molar-refractivity contribution in [3.05, 3.63) is 66.6 Å². The van der Waals surface area contributed by atoms with E-state index in [0.29, 0.717) is 5.56 Å². The van der Waals surface area contributed by atoms with Crippen molar-refractivity contribution >= 4 is 28.3 Å². The number of phenolic OH excluding ortho intramolecular Hbond substituents is 1. The Hall–Kier alpha value is -4.08. The number of aromatic amines is 1. The molecule has 0 unspecified atom stereocenters. The molecule has 0 radical (unpaired) electrons. The van der Waals surface area contributed by atoms with E-state index in [-0.39, 0.29) is 17.1 Å². The highest BCUT2D eigenvalue weighted by atomic mass is 19.4. The zero-order valence-corrected chi connectivity index (χ0v) is 15.2. The zero-order valence-electron chi connectivity index (χ0n) is 15.2. The molecule has 2 heterocycles. The van der Waals surface area contributed by atoms with E-state index in [4.69, 9.17) is 0 Å². The smallest absolute Gasteiger partial charge is 0.416 e. The number of hydrogen-bond donors (Lipinski definition) is 4. The summed E-state index contributed by atoms with van der Waals surface area (Å²) in [6, 6.07) is 8.05. The molecule has 0 spiro atoms. The number of alkyl halides is 3. The molecule has 0 saturated heterocycles. The molecule has 4 rings (SSSR count). The molecule has 0 aliphatic carbocycles. The van der Waals surface area contributed by atoms with Crippen molar-refractivity contribution < 1.29 is 23.1 Å². The number of phenols is 1. The summed E-state index contributed by atoms with van der Waals surface area (Å²) in [5, 5.41) is 22.6. The van der Waals surface area contributed by atoms with Crippen molar-refractivity contribution in [1.82, 2.24) is 15.2 Å². The van der Waals surface area contributed by atoms with Crippen LogP contribution in [0.1, 0.15) is 5.56 Å². The summed E-state index contributed by atoms with van der Waals surface area (Å²) >= 11 is 0. The van der Waals surface area contributed by atoms with E-state index in [1.54, 1.807) is 24.7 Å². The molecular weight excluding hydrogens is 399 g/mol. The number of H-pyrrole nitrogens is 1. The van der Waals surface area contributed by atoms with Crippen LogP contribution in [-0.2, 0) is 6.18 Å². The molecule has 0 saturated carbocycles. The van der Waals surface area contributed by atoms with Crippen LogP contribution in [0.5, 0.6) is 5.75 Å². The minimum Gasteiger partial charge on any atom is -0.506 e. The Morgan fingerprint density at radius 1 is 1.03 bits per heavy atom. The average Bonchev–Trinajstić information content (AvgIpc) is 3.18. The second-order valence-corrected chi connectivity index (χ2v) is 6.41. The van der Waals surface area contributed by atoms with Gasteiger partial charge in [0.15, 0.2) is 0 Å². The van der Waals surface area contributed by atoms with Gasteiger partial charge in [0.2, 0.25) is 0 Å². The van der Waals surface area contributed by atoms with Crippen molar-refractivity contribution in [2.24, 2.45) is 0 Å². The van der Waals surface area contributed by atoms with E-state index < -0.39 is 17.8 Å². The first-order valence-electron chi connectivity index (χ1n) is 8.67. The standard InChI is InChI=1S/C20H14F3N5O2/c21-20(22,23)12-2-1-3-13(7-12)26-19(30)27-16-5-4-11(6-18(16)29)14-8-24-10-17-15(14)9-25-28-17/h1-10,29H,(H,25,28)(H2,26,27,30). The van der Waals surface area contributed by atoms with E-state index in [0.717, 1.165) is 28.6 Å². The quantitative estimate of drug-likeness (QED) is 0.355. The lowest BCUT2D eigenvalue weighted by molar-refractivity contribution is -0.137. The van der Waals surface area contributed by atoms with Gasteiger partial charge in [-0.1, -0.05) is 12.1 Å². The Bertz CT molecular complexity index is 1240. The topological polar surface area (TPSA) is 103 Å². The molecule has 30 heavy (non-hydrogen) atoms. The maximum absolute atomic E-state index is 12.8. The average molecular weight is 413 g/mol. The third-order valence-corrected chi connectivity index (χ3v) is 4.37. The van der Waals surface area contributed by atoms with Gasteiger partial charge in [-0.3, -0.25) is 10.1 Å². The summed E-state index contributed by atoms with van der Waals surface area (Å²) in [4.78, 5) is 16.3. The van der Waals surface area contributed by atoms with E-state index >= 15 is 0 Å². The monoisotopic (exact) mass is 413 g/mol. The summed E-state index contributed by atoms with van der Waals surface area (Å²) in [7, 11) is 0. The number of halogens is 3. The van der Waals surface area contributed by atoms with Crippen molar-refractivity contribution in [3.8, 4) is 16.9 Å². The molecule has 4 N–H and O–H groups in total. The highest BCUT2D eigenvalue weighted by Gasteiger charge is 2.30. The lowest BCUT2D eigenvalue weighted by Crippen LogP contribution is -2.19. The minimum absolute atomic E-state index is 0.0313. The van der Waals surface area contributed by atoms with Crippen molar-refractivity contribution in [1.29, 1.82) is 0 Å². The fraction of sp³-hybridized carbons (Fsp3) is 0.0500. The Labute approximate surface area is 167 Å². The summed E-state index contributed by atoms with van der Waals surface area (Å²) in [6.45, 7) is 0. The van der Waals surface area contributed by atoms with E-state index in [2.05, 4.69) is 25.8 Å². The molecule has 0 bridgehead atoms. The molecule has 10 heteroatoms. The van der Waals surface area contributed by atoms with E-state index in [9.17, 15) is 23.1 Å². The number of rotatable bonds is 3. The Morgan fingerprint density at radius 2 is 1.87 bits per heavy atom. The highest BCUT2D eigenvalue weighted by molar-refractivity contribution is 6.01. The van der Waals surface area contributed by atoms with Crippen molar-refractivity contribution in [3.63, 3.8) is 0 Å². The molecule has 0 aliphatic heterocycles. The molecule has 0 aliphatic rings. The largest absolute Gasteiger partial charge is 0.506 e. The number of aromatic hydroxyl groups is 1. The fourth-order valence-electron chi connectivity index (χ4n) is 2.96. The molecule has 2 amide bonds. The number of anilines is 2. The van der Waals surface area contributed by atoms with Gasteiger partial charge in [0, 0.05) is 22.8 Å². The summed E-state index contributed by atoms with van der Waals surface area (Å²) < 4.78 is 38.4. The van der Waals surface area contributed by atoms with Crippen LogP contribution in [0.25, 0.3) is 22.0 Å². The number of carbonyl (C=O) groups is 1. The van der Waals surface area contributed by atoms with Gasteiger partial charge in [-0.2, -0.15) is 18.3 Å². The first kappa shape index (κ1) is 19.2. The number of pyridine rings is 1. The van der Waals surface area contributed by atoms with Gasteiger partial charge in [0.05, 0.1) is 29.2 Å². The number of fused-ring (bicyclic) bond motifs is 1. The van der Waals surface area contributed by atoms with E-state index in [1.807, 2.05) is 0 Å². The van der Waals surface area contributed by atoms with Gasteiger partial charge < -0.3 is 15.7 Å². The van der Waals surface area contributed by atoms with Crippen LogP contribution in [-0.4, -0.2) is 26.3 Å². The highest BCUT2D eigenvalue weighted by Crippen LogP contribution is 2.33. The Morgan fingerprint density at radius 3 is 2.63 bits per heavy atom. The second kappa shape index (κ2) is 7.39. The summed E-state index contributed by atoms with van der Waals surface area (Å²) in [6.07, 6.45) is 0.368. The third kappa shape index (κ3) is 3.88. The van der Waals surface area contributed by atoms with Crippen LogP contribution in [0.2, 0.25) is 0 Å². The van der Waals surface area contributed by atoms with Crippen molar-refractivity contribution in [2.75, 3.05) is 10.6 Å². The second-order valence-electron chi connectivity index (χ2n) is 6.41. The van der Waals surface area contributed by atoms with Gasteiger partial charge in [0.25, 0.3) is 0 Å². The predicted molar refractivity (Wildman–Crippen MR) is 105 cm³/mol. The van der Waals surface area contributed by atoms with Crippen LogP contribution < -0.4 is 10.6 Å². The maximum Gasteiger partial charge on any atom is 0.416 e. The molecule has 7 nitrogen and oxygen atoms in total. The van der Waals surface area contributed by atoms with Crippen LogP contribution in [0, 0.1) is 0 Å². The molecule has 0 atom stereocenters. The van der Waals surface area contributed by atoms with Gasteiger partial charge in [-0.15, -0.1) is 0 Å². The Kier molecular flexibility index (Phi) is 4.74. The number of nitrogens with zero attached hydrogens (tertiary/aromatic N) is 2. The lowest BCUT2D eigenvalue weighted by atomic mass is 10.0. The predicted octanol–water partition coefficient (Wildman–Crippen LogP) is 4.99. The van der Waals surface area contributed by atoms with Crippen LogP contribution in [0.15, 0.2) is 61.1 Å². The van der Waals surface area contributed by atoms with Crippen LogP contribution in [0.3, 0.4) is 0 Å². The maximum atomic E-state index is 12.8. The van der Waals surface area contributed by atoms with Crippen LogP contribution in [0.4, 0.5) is 29.3 Å². The van der Waals surface area contributed by atoms with Gasteiger partial charge >= 0.3 is 12.2 Å². The number of urea groups is 1. The number of carbonyl (C=O) groups excluding carboxylic acids is 1. The molecule has 2 aromatic carbocycles. The van der Waals surface area contributed by atoms with E-state index in [1.165, 1.54) is 24.3 Å². The molecule has 152 valence electrons. The number of nitrogens with one attached hydrogen (secondary N) is 3. The lowest BCUT2D eigenvalue weighted by Gasteiger charge is -2.12. The molecule has 4 aromatic rings. The number of hydrogen-bond acceptors (Lipinski definition) is 4. The summed E-state index contributed by atoms with van der Waals surface area (Å²) in [5.41, 5.74) is 1.29. The van der Waals surface area contributed by atoms with Gasteiger partial charge in [-0.05, 0) is 35.9 Å². The van der Waals surface area contributed by atoms with Crippen molar-refractivity contribution in [2.45, 2.75) is 6.18 Å². The number of benzene rings is 2. The normalized spacial score (nSPS) is 11.4. The first-order valence-corrected chi connectivity index (χ1v) is 8.67. The number of amides is 2. The van der Waals surface area contributed by atoms with Gasteiger partial charge in [0.1, 0.15) is 5.75 Å². The fourth-order valence-corrected chi connectivity index (χ4v) is 2.96. The molecule has 0 fully saturated rings. The summed E-state index contributed by atoms with van der Waals surface area (Å²) in [5.74, 6) is -0.216. The number of aromatic nitrogens is 3. The first-order chi connectivity index (χ1) is 14.3. The minimum atomic E-state index is -4.52. The SMILES string of the molecule is O=C(Nc1cccc(C(F)(F)F)c1)Nc1ccc(-c2cncc3[nH]ncc23)cc1O. The molecular formula is C20H14F3N5O2. The third-order valence-electron chi connectivity index (χ3n) is 4.37. The van der Waals surface area contributed by atoms with Crippen LogP contribution >= 0.6 is 0 Å². The van der Waals surface area contributed by atoms with Gasteiger partial charge in [-0.25, -0.2) is 4.79 Å². The zero-order chi connectivity index (χ0) is 21.3.